The number of fused-ring (bicyclic) bond motifs is 1. The van der Waals surface area contributed by atoms with E-state index in [1.165, 1.54) is 0 Å². The van der Waals surface area contributed by atoms with Crippen molar-refractivity contribution in [3.8, 4) is 24.0 Å². The molecular formula is C19H16N4O. The van der Waals surface area contributed by atoms with Crippen LogP contribution in [0.15, 0.2) is 47.2 Å². The lowest BCUT2D eigenvalue weighted by atomic mass is 9.57. The van der Waals surface area contributed by atoms with Gasteiger partial charge in [-0.1, -0.05) is 18.2 Å². The SMILES string of the molecule is N#CC1=C(N)C(C#N)(C#N)C(c2cccc(O)c2)C2CCCC=C12. The van der Waals surface area contributed by atoms with Gasteiger partial charge in [-0.05, 0) is 48.4 Å². The molecule has 0 saturated heterocycles. The maximum absolute atomic E-state index is 9.84. The van der Waals surface area contributed by atoms with E-state index in [4.69, 9.17) is 5.73 Å². The zero-order chi connectivity index (χ0) is 17.3. The average Bonchev–Trinajstić information content (AvgIpc) is 2.61. The minimum absolute atomic E-state index is 0.0211. The second kappa shape index (κ2) is 5.76. The molecule has 2 aliphatic carbocycles. The molecule has 5 nitrogen and oxygen atoms in total. The van der Waals surface area contributed by atoms with Crippen molar-refractivity contribution in [1.29, 1.82) is 15.8 Å². The quantitative estimate of drug-likeness (QED) is 0.825. The summed E-state index contributed by atoms with van der Waals surface area (Å²) in [5.74, 6) is -0.572. The van der Waals surface area contributed by atoms with Gasteiger partial charge >= 0.3 is 0 Å². The van der Waals surface area contributed by atoms with Gasteiger partial charge in [0.2, 0.25) is 0 Å². The number of hydrogen-bond donors (Lipinski definition) is 2. The van der Waals surface area contributed by atoms with E-state index < -0.39 is 11.3 Å². The van der Waals surface area contributed by atoms with Gasteiger partial charge in [-0.15, -0.1) is 0 Å². The van der Waals surface area contributed by atoms with Gasteiger partial charge in [-0.2, -0.15) is 15.8 Å². The fourth-order valence-electron chi connectivity index (χ4n) is 3.97. The Morgan fingerprint density at radius 2 is 1.96 bits per heavy atom. The van der Waals surface area contributed by atoms with Crippen molar-refractivity contribution in [1.82, 2.24) is 0 Å². The lowest BCUT2D eigenvalue weighted by Crippen LogP contribution is -2.42. The molecule has 5 heteroatoms. The van der Waals surface area contributed by atoms with Crippen LogP contribution in [0.4, 0.5) is 0 Å². The molecule has 0 bridgehead atoms. The van der Waals surface area contributed by atoms with Crippen molar-refractivity contribution in [2.24, 2.45) is 17.1 Å². The molecule has 24 heavy (non-hydrogen) atoms. The van der Waals surface area contributed by atoms with E-state index in [-0.39, 0.29) is 22.9 Å². The van der Waals surface area contributed by atoms with E-state index in [9.17, 15) is 20.9 Å². The number of phenols is 1. The molecule has 3 rings (SSSR count). The predicted octanol–water partition coefficient (Wildman–Crippen LogP) is 2.99. The summed E-state index contributed by atoms with van der Waals surface area (Å²) in [6.45, 7) is 0. The van der Waals surface area contributed by atoms with Crippen LogP contribution in [0.3, 0.4) is 0 Å². The molecule has 2 atom stereocenters. The molecule has 3 N–H and O–H groups in total. The largest absolute Gasteiger partial charge is 0.508 e. The molecule has 1 aromatic rings. The van der Waals surface area contributed by atoms with Gasteiger partial charge in [0.15, 0.2) is 5.41 Å². The Kier molecular flexibility index (Phi) is 3.76. The van der Waals surface area contributed by atoms with Crippen LogP contribution >= 0.6 is 0 Å². The topological polar surface area (TPSA) is 118 Å². The Morgan fingerprint density at radius 1 is 1.21 bits per heavy atom. The van der Waals surface area contributed by atoms with Gasteiger partial charge in [0.25, 0.3) is 0 Å². The van der Waals surface area contributed by atoms with Crippen molar-refractivity contribution in [2.75, 3.05) is 0 Å². The van der Waals surface area contributed by atoms with E-state index >= 15 is 0 Å². The van der Waals surface area contributed by atoms with Crippen molar-refractivity contribution < 1.29 is 5.11 Å². The number of allylic oxidation sites excluding steroid dienone is 4. The minimum atomic E-state index is -1.61. The highest BCUT2D eigenvalue weighted by molar-refractivity contribution is 5.59. The Balaban J connectivity index is 2.34. The fourth-order valence-corrected chi connectivity index (χ4v) is 3.97. The van der Waals surface area contributed by atoms with Crippen LogP contribution in [0, 0.1) is 45.3 Å². The number of nitrogens with two attached hydrogens (primary N) is 1. The third-order valence-electron chi connectivity index (χ3n) is 5.03. The van der Waals surface area contributed by atoms with E-state index in [0.29, 0.717) is 5.56 Å². The molecule has 0 saturated carbocycles. The normalized spacial score (nSPS) is 24.8. The lowest BCUT2D eigenvalue weighted by Gasteiger charge is -2.43. The molecule has 1 aromatic carbocycles. The Morgan fingerprint density at radius 3 is 2.58 bits per heavy atom. The molecule has 2 aliphatic rings. The molecule has 0 aliphatic heterocycles. The van der Waals surface area contributed by atoms with Gasteiger partial charge < -0.3 is 10.8 Å². The first kappa shape index (κ1) is 15.7. The maximum Gasteiger partial charge on any atom is 0.191 e. The fraction of sp³-hybridized carbons (Fsp3) is 0.316. The van der Waals surface area contributed by atoms with Crippen molar-refractivity contribution >= 4 is 0 Å². The molecule has 0 fully saturated rings. The van der Waals surface area contributed by atoms with Gasteiger partial charge in [0.05, 0.1) is 23.4 Å². The third-order valence-corrected chi connectivity index (χ3v) is 5.03. The molecule has 0 aromatic heterocycles. The Hall–Kier alpha value is -3.23. The standard InChI is InChI=1S/C19H16N4O/c20-9-16-14-6-1-2-7-15(14)17(12-4-3-5-13(24)8-12)19(10-21,11-22)18(16)23/h3-6,8,15,17,24H,1-2,7,23H2. The highest BCUT2D eigenvalue weighted by Gasteiger charge is 2.53. The van der Waals surface area contributed by atoms with Crippen LogP contribution in [0.2, 0.25) is 0 Å². The van der Waals surface area contributed by atoms with Crippen LogP contribution in [0.25, 0.3) is 0 Å². The highest BCUT2D eigenvalue weighted by Crippen LogP contribution is 2.55. The van der Waals surface area contributed by atoms with Crippen LogP contribution < -0.4 is 5.73 Å². The number of rotatable bonds is 1. The average molecular weight is 316 g/mol. The van der Waals surface area contributed by atoms with E-state index in [1.807, 2.05) is 6.08 Å². The van der Waals surface area contributed by atoms with Crippen LogP contribution in [-0.4, -0.2) is 5.11 Å². The van der Waals surface area contributed by atoms with Crippen LogP contribution in [0.5, 0.6) is 5.75 Å². The number of benzene rings is 1. The van der Waals surface area contributed by atoms with Crippen LogP contribution in [-0.2, 0) is 0 Å². The molecule has 0 spiro atoms. The van der Waals surface area contributed by atoms with Crippen molar-refractivity contribution in [3.05, 3.63) is 52.7 Å². The first-order chi connectivity index (χ1) is 11.6. The minimum Gasteiger partial charge on any atom is -0.508 e. The summed E-state index contributed by atoms with van der Waals surface area (Å²) in [4.78, 5) is 0. The monoisotopic (exact) mass is 316 g/mol. The molecule has 118 valence electrons. The molecular weight excluding hydrogens is 300 g/mol. The van der Waals surface area contributed by atoms with Crippen molar-refractivity contribution in [2.45, 2.75) is 25.2 Å². The van der Waals surface area contributed by atoms with E-state index in [0.717, 1.165) is 24.8 Å². The van der Waals surface area contributed by atoms with Gasteiger partial charge in [0.1, 0.15) is 11.8 Å². The van der Waals surface area contributed by atoms with Crippen molar-refractivity contribution in [3.63, 3.8) is 0 Å². The van der Waals surface area contributed by atoms with Gasteiger partial charge in [-0.25, -0.2) is 0 Å². The molecule has 0 amide bonds. The summed E-state index contributed by atoms with van der Waals surface area (Å²) in [5.41, 5.74) is 6.36. The summed E-state index contributed by atoms with van der Waals surface area (Å²) in [6.07, 6.45) is 4.54. The summed E-state index contributed by atoms with van der Waals surface area (Å²) < 4.78 is 0. The number of aromatic hydroxyl groups is 1. The van der Waals surface area contributed by atoms with E-state index in [2.05, 4.69) is 18.2 Å². The Bertz CT molecular complexity index is 862. The second-order valence-corrected chi connectivity index (χ2v) is 6.20. The first-order valence-corrected chi connectivity index (χ1v) is 7.81. The number of hydrogen-bond acceptors (Lipinski definition) is 5. The predicted molar refractivity (Wildman–Crippen MR) is 86.8 cm³/mol. The smallest absolute Gasteiger partial charge is 0.191 e. The van der Waals surface area contributed by atoms with Gasteiger partial charge in [-0.3, -0.25) is 0 Å². The second-order valence-electron chi connectivity index (χ2n) is 6.20. The van der Waals surface area contributed by atoms with E-state index in [1.54, 1.807) is 24.3 Å². The molecule has 2 unspecified atom stereocenters. The number of nitrogens with zero attached hydrogens (tertiary/aromatic N) is 3. The highest BCUT2D eigenvalue weighted by atomic mass is 16.3. The first-order valence-electron chi connectivity index (χ1n) is 7.81. The molecule has 0 radical (unpaired) electrons. The summed E-state index contributed by atoms with van der Waals surface area (Å²) in [5, 5.41) is 39.1. The Labute approximate surface area is 140 Å². The summed E-state index contributed by atoms with van der Waals surface area (Å²) >= 11 is 0. The zero-order valence-electron chi connectivity index (χ0n) is 13.0. The summed E-state index contributed by atoms with van der Waals surface area (Å²) in [6, 6.07) is 12.9. The number of phenolic OH excluding ortho intramolecular Hbond substituents is 1. The van der Waals surface area contributed by atoms with Gasteiger partial charge in [0, 0.05) is 5.92 Å². The summed E-state index contributed by atoms with van der Waals surface area (Å²) in [7, 11) is 0. The zero-order valence-corrected chi connectivity index (χ0v) is 13.0. The third kappa shape index (κ3) is 2.05. The van der Waals surface area contributed by atoms with Crippen LogP contribution in [0.1, 0.15) is 30.7 Å². The number of nitriles is 3. The maximum atomic E-state index is 9.84. The molecule has 0 heterocycles. The lowest BCUT2D eigenvalue weighted by molar-refractivity contribution is 0.316.